The van der Waals surface area contributed by atoms with E-state index in [2.05, 4.69) is 10.6 Å². The van der Waals surface area contributed by atoms with Gasteiger partial charge in [-0.1, -0.05) is 29.8 Å². The Morgan fingerprint density at radius 3 is 2.27 bits per heavy atom. The van der Waals surface area contributed by atoms with Gasteiger partial charge in [0, 0.05) is 29.7 Å². The lowest BCUT2D eigenvalue weighted by molar-refractivity contribution is -0.114. The van der Waals surface area contributed by atoms with Crippen LogP contribution < -0.4 is 20.3 Å². The molecule has 0 heterocycles. The molecule has 0 saturated heterocycles. The molecule has 3 aromatic rings. The molecule has 2 N–H and O–H groups in total. The lowest BCUT2D eigenvalue weighted by Crippen LogP contribution is -2.26. The van der Waals surface area contributed by atoms with Crippen molar-refractivity contribution in [2.75, 3.05) is 36.2 Å². The smallest absolute Gasteiger partial charge is 0.258 e. The van der Waals surface area contributed by atoms with Crippen LogP contribution in [0.4, 0.5) is 17.1 Å². The van der Waals surface area contributed by atoms with Gasteiger partial charge in [-0.2, -0.15) is 0 Å². The summed E-state index contributed by atoms with van der Waals surface area (Å²) < 4.78 is 5.09. The highest BCUT2D eigenvalue weighted by Gasteiger charge is 2.13. The van der Waals surface area contributed by atoms with Crippen LogP contribution in [0.1, 0.15) is 10.4 Å². The largest absolute Gasteiger partial charge is 0.495 e. The van der Waals surface area contributed by atoms with E-state index in [0.29, 0.717) is 22.0 Å². The fourth-order valence-corrected chi connectivity index (χ4v) is 3.08. The molecule has 0 aromatic heterocycles. The zero-order chi connectivity index (χ0) is 21.5. The minimum absolute atomic E-state index is 0.0703. The summed E-state index contributed by atoms with van der Waals surface area (Å²) in [6, 6.07) is 21.5. The van der Waals surface area contributed by atoms with Gasteiger partial charge in [-0.3, -0.25) is 9.59 Å². The average Bonchev–Trinajstić information content (AvgIpc) is 2.78. The zero-order valence-electron chi connectivity index (χ0n) is 16.7. The highest BCUT2D eigenvalue weighted by molar-refractivity contribution is 6.32. The summed E-state index contributed by atoms with van der Waals surface area (Å²) in [6.45, 7) is 0.0703. The zero-order valence-corrected chi connectivity index (χ0v) is 17.4. The molecule has 0 saturated carbocycles. The van der Waals surface area contributed by atoms with Gasteiger partial charge < -0.3 is 20.3 Å². The van der Waals surface area contributed by atoms with Crippen molar-refractivity contribution < 1.29 is 14.3 Å². The Kier molecular flexibility index (Phi) is 6.93. The van der Waals surface area contributed by atoms with E-state index >= 15 is 0 Å². The van der Waals surface area contributed by atoms with E-state index in [-0.39, 0.29) is 18.4 Å². The fourth-order valence-electron chi connectivity index (χ4n) is 2.82. The topological polar surface area (TPSA) is 70.7 Å². The first-order valence-corrected chi connectivity index (χ1v) is 9.66. The third-order valence-corrected chi connectivity index (χ3v) is 4.76. The van der Waals surface area contributed by atoms with E-state index in [0.717, 1.165) is 11.4 Å². The number of hydrogen-bond acceptors (Lipinski definition) is 4. The lowest BCUT2D eigenvalue weighted by Gasteiger charge is -2.17. The number of halogens is 1. The Morgan fingerprint density at radius 2 is 1.63 bits per heavy atom. The van der Waals surface area contributed by atoms with Crippen molar-refractivity contribution in [1.29, 1.82) is 0 Å². The van der Waals surface area contributed by atoms with Crippen LogP contribution in [0.15, 0.2) is 72.8 Å². The van der Waals surface area contributed by atoms with Crippen LogP contribution in [0, 0.1) is 0 Å². The van der Waals surface area contributed by atoms with Crippen LogP contribution in [-0.4, -0.2) is 32.5 Å². The predicted molar refractivity (Wildman–Crippen MR) is 121 cm³/mol. The Morgan fingerprint density at radius 1 is 0.967 bits per heavy atom. The highest BCUT2D eigenvalue weighted by atomic mass is 35.5. The van der Waals surface area contributed by atoms with Crippen molar-refractivity contribution in [3.63, 3.8) is 0 Å². The van der Waals surface area contributed by atoms with Crippen LogP contribution in [0.25, 0.3) is 0 Å². The van der Waals surface area contributed by atoms with Crippen LogP contribution >= 0.6 is 11.6 Å². The number of carbonyl (C=O) groups excluding carboxylic acids is 2. The number of ether oxygens (including phenoxy) is 1. The van der Waals surface area contributed by atoms with Gasteiger partial charge in [0.2, 0.25) is 5.91 Å². The molecule has 7 heteroatoms. The molecule has 0 spiro atoms. The van der Waals surface area contributed by atoms with Crippen molar-refractivity contribution in [2.45, 2.75) is 0 Å². The number of nitrogens with zero attached hydrogens (tertiary/aromatic N) is 1. The maximum absolute atomic E-state index is 12.6. The quantitative estimate of drug-likeness (QED) is 0.579. The van der Waals surface area contributed by atoms with E-state index in [1.54, 1.807) is 54.4 Å². The minimum Gasteiger partial charge on any atom is -0.495 e. The summed E-state index contributed by atoms with van der Waals surface area (Å²) in [5.74, 6) is 0.211. The maximum Gasteiger partial charge on any atom is 0.258 e. The first-order chi connectivity index (χ1) is 14.5. The van der Waals surface area contributed by atoms with E-state index < -0.39 is 0 Å². The van der Waals surface area contributed by atoms with Gasteiger partial charge in [0.05, 0.1) is 18.7 Å². The first-order valence-electron chi connectivity index (χ1n) is 9.28. The number of methoxy groups -OCH3 is 1. The van der Waals surface area contributed by atoms with Crippen LogP contribution in [0.3, 0.4) is 0 Å². The average molecular weight is 424 g/mol. The number of amides is 2. The molecular weight excluding hydrogens is 402 g/mol. The third-order valence-electron chi connectivity index (χ3n) is 4.47. The Balaban J connectivity index is 1.54. The summed E-state index contributed by atoms with van der Waals surface area (Å²) in [5, 5.41) is 6.22. The van der Waals surface area contributed by atoms with E-state index in [9.17, 15) is 9.59 Å². The number of anilines is 3. The third kappa shape index (κ3) is 5.30. The Labute approximate surface area is 180 Å². The van der Waals surface area contributed by atoms with Crippen molar-refractivity contribution in [2.24, 2.45) is 0 Å². The molecule has 0 aliphatic heterocycles. The highest BCUT2D eigenvalue weighted by Crippen LogP contribution is 2.27. The van der Waals surface area contributed by atoms with E-state index in [1.165, 1.54) is 7.11 Å². The second-order valence-electron chi connectivity index (χ2n) is 6.53. The van der Waals surface area contributed by atoms with Gasteiger partial charge in [0.25, 0.3) is 5.91 Å². The molecule has 30 heavy (non-hydrogen) atoms. The monoisotopic (exact) mass is 423 g/mol. The molecular formula is C23H22ClN3O3. The summed E-state index contributed by atoms with van der Waals surface area (Å²) in [7, 11) is 3.27. The van der Waals surface area contributed by atoms with Gasteiger partial charge in [-0.15, -0.1) is 0 Å². The molecule has 3 rings (SSSR count). The van der Waals surface area contributed by atoms with Crippen LogP contribution in [-0.2, 0) is 4.79 Å². The van der Waals surface area contributed by atoms with Gasteiger partial charge in [0.15, 0.2) is 0 Å². The predicted octanol–water partition coefficient (Wildman–Crippen LogP) is 4.68. The molecule has 6 nitrogen and oxygen atoms in total. The molecule has 0 atom stereocenters. The van der Waals surface area contributed by atoms with E-state index in [4.69, 9.17) is 16.3 Å². The summed E-state index contributed by atoms with van der Waals surface area (Å²) in [4.78, 5) is 26.4. The van der Waals surface area contributed by atoms with Crippen LogP contribution in [0.5, 0.6) is 5.75 Å². The molecule has 0 aliphatic rings. The van der Waals surface area contributed by atoms with Gasteiger partial charge in [0.1, 0.15) is 5.75 Å². The van der Waals surface area contributed by atoms with Crippen LogP contribution in [0.2, 0.25) is 5.02 Å². The summed E-state index contributed by atoms with van der Waals surface area (Å²) in [5.41, 5.74) is 2.69. The molecule has 0 unspecified atom stereocenters. The van der Waals surface area contributed by atoms with Crippen molar-refractivity contribution >= 4 is 40.5 Å². The molecule has 0 aliphatic carbocycles. The molecule has 0 bridgehead atoms. The fraction of sp³-hybridized carbons (Fsp3) is 0.130. The number of benzene rings is 3. The molecule has 0 radical (unpaired) electrons. The van der Waals surface area contributed by atoms with Gasteiger partial charge in [-0.25, -0.2) is 0 Å². The lowest BCUT2D eigenvalue weighted by atomic mass is 10.1. The maximum atomic E-state index is 12.6. The standard InChI is InChI=1S/C23H22ClN3O3/c1-27(19-6-4-3-5-7-19)23(29)16-8-10-17(11-9-16)25-15-22(28)26-18-12-13-21(30-2)20(24)14-18/h3-14,25H,15H2,1-2H3,(H,26,28). The Hall–Kier alpha value is -3.51. The number of hydrogen-bond donors (Lipinski definition) is 2. The number of nitrogens with one attached hydrogen (secondary N) is 2. The molecule has 3 aromatic carbocycles. The SMILES string of the molecule is COc1ccc(NC(=O)CNc2ccc(C(=O)N(C)c3ccccc3)cc2)cc1Cl. The molecule has 154 valence electrons. The molecule has 2 amide bonds. The van der Waals surface area contributed by atoms with Crippen molar-refractivity contribution in [3.05, 3.63) is 83.4 Å². The minimum atomic E-state index is -0.222. The first kappa shape index (κ1) is 21.2. The number of para-hydroxylation sites is 1. The summed E-state index contributed by atoms with van der Waals surface area (Å²) in [6.07, 6.45) is 0. The second-order valence-corrected chi connectivity index (χ2v) is 6.94. The van der Waals surface area contributed by atoms with Crippen molar-refractivity contribution in [3.8, 4) is 5.75 Å². The molecule has 0 fully saturated rings. The van der Waals surface area contributed by atoms with E-state index in [1.807, 2.05) is 30.3 Å². The normalized spacial score (nSPS) is 10.2. The number of carbonyl (C=O) groups is 2. The second kappa shape index (κ2) is 9.80. The Bertz CT molecular complexity index is 1020. The van der Waals surface area contributed by atoms with Gasteiger partial charge >= 0.3 is 0 Å². The summed E-state index contributed by atoms with van der Waals surface area (Å²) >= 11 is 6.06. The van der Waals surface area contributed by atoms with Gasteiger partial charge in [-0.05, 0) is 54.6 Å². The van der Waals surface area contributed by atoms with Crippen molar-refractivity contribution in [1.82, 2.24) is 0 Å². The number of rotatable bonds is 7.